The van der Waals surface area contributed by atoms with E-state index < -0.39 is 11.7 Å². The Kier molecular flexibility index (Phi) is 11.1. The zero-order chi connectivity index (χ0) is 23.6. The largest absolute Gasteiger partial charge is 0.444 e. The molecule has 0 spiro atoms. The fraction of sp³-hybridized carbons (Fsp3) is 0.864. The lowest BCUT2D eigenvalue weighted by molar-refractivity contribution is -0.123. The van der Waals surface area contributed by atoms with Gasteiger partial charge in [-0.25, -0.2) is 4.79 Å². The van der Waals surface area contributed by atoms with Crippen molar-refractivity contribution in [1.82, 2.24) is 25.8 Å². The van der Waals surface area contributed by atoms with Gasteiger partial charge in [0.05, 0.1) is 19.1 Å². The van der Waals surface area contributed by atoms with Crippen molar-refractivity contribution in [3.8, 4) is 0 Å². The Bertz CT molecular complexity index is 593. The normalized spacial score (nSPS) is 17.0. The number of hydrogen-bond donors (Lipinski definition) is 3. The minimum atomic E-state index is -0.532. The van der Waals surface area contributed by atoms with Crippen LogP contribution in [-0.2, 0) is 9.53 Å². The molecule has 180 valence electrons. The fourth-order valence-electron chi connectivity index (χ4n) is 3.18. The molecule has 1 aliphatic rings. The number of piperazine rings is 1. The van der Waals surface area contributed by atoms with Gasteiger partial charge in [-0.1, -0.05) is 13.8 Å². The summed E-state index contributed by atoms with van der Waals surface area (Å²) in [5.41, 5.74) is -0.532. The van der Waals surface area contributed by atoms with Gasteiger partial charge in [0.15, 0.2) is 5.96 Å². The second-order valence-electron chi connectivity index (χ2n) is 9.68. The van der Waals surface area contributed by atoms with Crippen molar-refractivity contribution in [2.45, 2.75) is 73.1 Å². The summed E-state index contributed by atoms with van der Waals surface area (Å²) < 4.78 is 5.39. The van der Waals surface area contributed by atoms with Crippen molar-refractivity contribution >= 4 is 18.0 Å². The number of amides is 2. The van der Waals surface area contributed by atoms with Crippen molar-refractivity contribution in [3.63, 3.8) is 0 Å². The molecule has 0 aromatic rings. The third-order valence-electron chi connectivity index (χ3n) is 4.77. The number of guanidine groups is 1. The van der Waals surface area contributed by atoms with Crippen LogP contribution in [0.15, 0.2) is 4.99 Å². The molecule has 1 aliphatic heterocycles. The Morgan fingerprint density at radius 3 is 2.13 bits per heavy atom. The molecule has 9 nitrogen and oxygen atoms in total. The summed E-state index contributed by atoms with van der Waals surface area (Å²) in [4.78, 5) is 33.4. The van der Waals surface area contributed by atoms with E-state index in [0.717, 1.165) is 38.7 Å². The maximum absolute atomic E-state index is 12.2. The first-order valence-corrected chi connectivity index (χ1v) is 11.5. The first-order chi connectivity index (χ1) is 14.4. The molecular formula is C22H44N6O3. The van der Waals surface area contributed by atoms with Crippen LogP contribution in [0, 0.1) is 5.92 Å². The average molecular weight is 441 g/mol. The summed E-state index contributed by atoms with van der Waals surface area (Å²) in [7, 11) is 0. The molecule has 1 rings (SSSR count). The van der Waals surface area contributed by atoms with E-state index in [1.165, 1.54) is 0 Å². The van der Waals surface area contributed by atoms with Gasteiger partial charge < -0.3 is 25.6 Å². The predicted octanol–water partition coefficient (Wildman–Crippen LogP) is 1.64. The standard InChI is InChI=1S/C22H44N6O3/c1-9-23-20(24-14-18(16(2)3)26-21(30)31-22(6,7)8)28-12-10-27(11-13-28)15-19(29)25-17(4)5/h16-18H,9-15H2,1-8H3,(H,23,24)(H,25,29)(H,26,30). The highest BCUT2D eigenvalue weighted by Crippen LogP contribution is 2.09. The molecular weight excluding hydrogens is 396 g/mol. The molecule has 0 aliphatic carbocycles. The highest BCUT2D eigenvalue weighted by molar-refractivity contribution is 5.80. The van der Waals surface area contributed by atoms with Crippen LogP contribution in [0.4, 0.5) is 4.79 Å². The number of alkyl carbamates (subject to hydrolysis) is 1. The summed E-state index contributed by atoms with van der Waals surface area (Å²) in [5.74, 6) is 1.12. The monoisotopic (exact) mass is 440 g/mol. The number of aliphatic imine (C=N–C) groups is 1. The van der Waals surface area contributed by atoms with Gasteiger partial charge in [-0.3, -0.25) is 14.7 Å². The van der Waals surface area contributed by atoms with Gasteiger partial charge in [0.25, 0.3) is 0 Å². The number of ether oxygens (including phenoxy) is 1. The highest BCUT2D eigenvalue weighted by atomic mass is 16.6. The molecule has 0 aromatic heterocycles. The lowest BCUT2D eigenvalue weighted by atomic mass is 10.1. The average Bonchev–Trinajstić information content (AvgIpc) is 2.62. The molecule has 1 atom stereocenters. The zero-order valence-electron chi connectivity index (χ0n) is 20.7. The number of nitrogens with zero attached hydrogens (tertiary/aromatic N) is 3. The summed E-state index contributed by atoms with van der Waals surface area (Å²) in [6.45, 7) is 20.5. The first-order valence-electron chi connectivity index (χ1n) is 11.5. The molecule has 31 heavy (non-hydrogen) atoms. The van der Waals surface area contributed by atoms with Crippen LogP contribution in [0.3, 0.4) is 0 Å². The van der Waals surface area contributed by atoms with Gasteiger partial charge in [0.2, 0.25) is 5.91 Å². The van der Waals surface area contributed by atoms with Crippen molar-refractivity contribution in [1.29, 1.82) is 0 Å². The molecule has 1 heterocycles. The number of nitrogens with one attached hydrogen (secondary N) is 3. The smallest absolute Gasteiger partial charge is 0.407 e. The molecule has 1 unspecified atom stereocenters. The van der Waals surface area contributed by atoms with E-state index in [4.69, 9.17) is 9.73 Å². The molecule has 2 amide bonds. The maximum atomic E-state index is 12.2. The number of rotatable bonds is 8. The Hall–Kier alpha value is -2.03. The predicted molar refractivity (Wildman–Crippen MR) is 125 cm³/mol. The van der Waals surface area contributed by atoms with E-state index in [0.29, 0.717) is 13.1 Å². The van der Waals surface area contributed by atoms with Gasteiger partial charge >= 0.3 is 6.09 Å². The molecule has 3 N–H and O–H groups in total. The van der Waals surface area contributed by atoms with Gasteiger partial charge in [-0.2, -0.15) is 0 Å². The molecule has 9 heteroatoms. The van der Waals surface area contributed by atoms with E-state index in [1.807, 2.05) is 41.5 Å². The van der Waals surface area contributed by atoms with Crippen molar-refractivity contribution in [3.05, 3.63) is 0 Å². The van der Waals surface area contributed by atoms with Crippen LogP contribution >= 0.6 is 0 Å². The molecule has 0 bridgehead atoms. The van der Waals surface area contributed by atoms with Crippen molar-refractivity contribution in [2.75, 3.05) is 45.8 Å². The van der Waals surface area contributed by atoms with Gasteiger partial charge in [0.1, 0.15) is 5.60 Å². The quantitative estimate of drug-likeness (QED) is 0.392. The first kappa shape index (κ1) is 27.0. The maximum Gasteiger partial charge on any atom is 0.407 e. The Balaban J connectivity index is 2.67. The number of hydrogen-bond acceptors (Lipinski definition) is 5. The SMILES string of the molecule is CCNC(=NCC(NC(=O)OC(C)(C)C)C(C)C)N1CCN(CC(=O)NC(C)C)CC1. The summed E-state index contributed by atoms with van der Waals surface area (Å²) in [6, 6.07) is 0.0361. The second kappa shape index (κ2) is 12.7. The summed E-state index contributed by atoms with van der Waals surface area (Å²) >= 11 is 0. The second-order valence-corrected chi connectivity index (χ2v) is 9.68. The lowest BCUT2D eigenvalue weighted by Crippen LogP contribution is -2.54. The fourth-order valence-corrected chi connectivity index (χ4v) is 3.18. The number of carbonyl (C=O) groups excluding carboxylic acids is 2. The number of carbonyl (C=O) groups is 2. The summed E-state index contributed by atoms with van der Waals surface area (Å²) in [5, 5.41) is 9.25. The van der Waals surface area contributed by atoms with Crippen LogP contribution in [0.1, 0.15) is 55.4 Å². The molecule has 0 saturated carbocycles. The highest BCUT2D eigenvalue weighted by Gasteiger charge is 2.24. The van der Waals surface area contributed by atoms with E-state index in [1.54, 1.807) is 0 Å². The van der Waals surface area contributed by atoms with Crippen LogP contribution in [0.5, 0.6) is 0 Å². The molecule has 0 aromatic carbocycles. The molecule has 1 fully saturated rings. The van der Waals surface area contributed by atoms with Crippen LogP contribution in [-0.4, -0.2) is 91.3 Å². The van der Waals surface area contributed by atoms with Crippen molar-refractivity contribution < 1.29 is 14.3 Å². The zero-order valence-corrected chi connectivity index (χ0v) is 20.7. The third kappa shape index (κ3) is 11.2. The topological polar surface area (TPSA) is 98.3 Å². The Morgan fingerprint density at radius 1 is 1.03 bits per heavy atom. The van der Waals surface area contributed by atoms with Crippen LogP contribution in [0.25, 0.3) is 0 Å². The lowest BCUT2D eigenvalue weighted by Gasteiger charge is -2.36. The van der Waals surface area contributed by atoms with Crippen molar-refractivity contribution in [2.24, 2.45) is 10.9 Å². The van der Waals surface area contributed by atoms with Crippen LogP contribution < -0.4 is 16.0 Å². The Labute approximate surface area is 188 Å². The third-order valence-corrected chi connectivity index (χ3v) is 4.77. The molecule has 0 radical (unpaired) electrons. The minimum Gasteiger partial charge on any atom is -0.444 e. The van der Waals surface area contributed by atoms with Gasteiger partial charge in [-0.05, 0) is 47.5 Å². The minimum absolute atomic E-state index is 0.0667. The van der Waals surface area contributed by atoms with E-state index in [-0.39, 0.29) is 23.9 Å². The van der Waals surface area contributed by atoms with E-state index >= 15 is 0 Å². The van der Waals surface area contributed by atoms with Crippen LogP contribution in [0.2, 0.25) is 0 Å². The van der Waals surface area contributed by atoms with Gasteiger partial charge in [0, 0.05) is 38.8 Å². The van der Waals surface area contributed by atoms with E-state index in [2.05, 4.69) is 39.6 Å². The van der Waals surface area contributed by atoms with Gasteiger partial charge in [-0.15, -0.1) is 0 Å². The van der Waals surface area contributed by atoms with E-state index in [9.17, 15) is 9.59 Å². The Morgan fingerprint density at radius 2 is 1.65 bits per heavy atom. The summed E-state index contributed by atoms with van der Waals surface area (Å²) in [6.07, 6.45) is -0.417. The molecule has 1 saturated heterocycles.